The fourth-order valence-electron chi connectivity index (χ4n) is 0.195. The van der Waals surface area contributed by atoms with E-state index in [1.807, 2.05) is 0 Å². The van der Waals surface area contributed by atoms with Gasteiger partial charge in [0.1, 0.15) is 6.61 Å². The Labute approximate surface area is 46.5 Å². The lowest BCUT2D eigenvalue weighted by atomic mass is 10.6. The molecule has 0 rings (SSSR count). The van der Waals surface area contributed by atoms with Crippen LogP contribution in [-0.4, -0.2) is 23.5 Å². The molecule has 0 fully saturated rings. The Morgan fingerprint density at radius 2 is 2.12 bits per heavy atom. The monoisotopic (exact) mass is 116 g/mol. The fraction of sp³-hybridized carbons (Fsp3) is 0.250. The van der Waals surface area contributed by atoms with Crippen LogP contribution >= 0.6 is 0 Å². The van der Waals surface area contributed by atoms with Crippen molar-refractivity contribution in [1.82, 2.24) is 5.32 Å². The van der Waals surface area contributed by atoms with Crippen LogP contribution in [0, 0.1) is 6.92 Å². The van der Waals surface area contributed by atoms with Crippen molar-refractivity contribution in [2.45, 2.75) is 0 Å². The molecule has 0 unspecified atom stereocenters. The number of hydrogen-bond acceptors (Lipinski definition) is 3. The minimum absolute atomic E-state index is 0.679. The van der Waals surface area contributed by atoms with Gasteiger partial charge in [-0.25, -0.2) is 0 Å². The highest BCUT2D eigenvalue weighted by Gasteiger charge is 1.97. The van der Waals surface area contributed by atoms with Crippen molar-refractivity contribution in [2.24, 2.45) is 0 Å². The first-order valence-corrected chi connectivity index (χ1v) is 1.93. The van der Waals surface area contributed by atoms with Crippen LogP contribution in [0.2, 0.25) is 0 Å². The van der Waals surface area contributed by atoms with E-state index in [4.69, 9.17) is 5.11 Å². The van der Waals surface area contributed by atoms with E-state index >= 15 is 0 Å². The summed E-state index contributed by atoms with van der Waals surface area (Å²) < 4.78 is 0. The summed E-state index contributed by atoms with van der Waals surface area (Å²) in [7, 11) is 0. The third kappa shape index (κ3) is 3.30. The molecule has 8 heavy (non-hydrogen) atoms. The molecule has 0 aliphatic heterocycles. The second kappa shape index (κ2) is 3.15. The van der Waals surface area contributed by atoms with Gasteiger partial charge in [0.05, 0.1) is 0 Å². The summed E-state index contributed by atoms with van der Waals surface area (Å²) in [6.07, 6.45) is 0. The van der Waals surface area contributed by atoms with E-state index in [9.17, 15) is 9.59 Å². The van der Waals surface area contributed by atoms with E-state index in [2.05, 4.69) is 6.92 Å². The minimum Gasteiger partial charge on any atom is -0.387 e. The predicted molar refractivity (Wildman–Crippen MR) is 25.6 cm³/mol. The zero-order chi connectivity index (χ0) is 6.57. The zero-order valence-electron chi connectivity index (χ0n) is 4.18. The summed E-state index contributed by atoms with van der Waals surface area (Å²) in [6.45, 7) is 2.17. The number of carbonyl (C=O) groups excluding carboxylic acids is 2. The maximum atomic E-state index is 10.0. The SMILES string of the molecule is [CH2]C(=O)NC(=O)CO. The van der Waals surface area contributed by atoms with Gasteiger partial charge in [0.15, 0.2) is 0 Å². The number of nitrogens with one attached hydrogen (secondary N) is 1. The molecule has 0 spiro atoms. The molecule has 1 radical (unpaired) electrons. The molecular formula is C4H6NO3. The van der Waals surface area contributed by atoms with Crippen LogP contribution in [0.1, 0.15) is 0 Å². The number of aliphatic hydroxyl groups excluding tert-OH is 1. The number of rotatable bonds is 1. The Bertz CT molecular complexity index is 110. The molecule has 0 bridgehead atoms. The van der Waals surface area contributed by atoms with Crippen LogP contribution < -0.4 is 5.32 Å². The van der Waals surface area contributed by atoms with E-state index in [0.717, 1.165) is 0 Å². The van der Waals surface area contributed by atoms with Gasteiger partial charge in [-0.2, -0.15) is 0 Å². The molecule has 4 nitrogen and oxygen atoms in total. The Morgan fingerprint density at radius 1 is 1.62 bits per heavy atom. The molecule has 0 aromatic heterocycles. The molecule has 0 aliphatic rings. The second-order valence-corrected chi connectivity index (χ2v) is 1.13. The maximum Gasteiger partial charge on any atom is 0.252 e. The highest BCUT2D eigenvalue weighted by atomic mass is 16.3. The van der Waals surface area contributed by atoms with Gasteiger partial charge >= 0.3 is 0 Å². The molecule has 0 aromatic rings. The maximum absolute atomic E-state index is 10.0. The van der Waals surface area contributed by atoms with Gasteiger partial charge in [0, 0.05) is 6.92 Å². The molecule has 0 saturated carbocycles. The third-order valence-corrected chi connectivity index (χ3v) is 0.422. The predicted octanol–water partition coefficient (Wildman–Crippen LogP) is -1.54. The van der Waals surface area contributed by atoms with Gasteiger partial charge in [0.2, 0.25) is 5.91 Å². The molecule has 0 aromatic carbocycles. The van der Waals surface area contributed by atoms with Crippen LogP contribution in [0.25, 0.3) is 0 Å². The van der Waals surface area contributed by atoms with Crippen molar-refractivity contribution in [3.05, 3.63) is 6.92 Å². The lowest BCUT2D eigenvalue weighted by Gasteiger charge is -1.92. The summed E-state index contributed by atoms with van der Waals surface area (Å²) in [6, 6.07) is 0. The average molecular weight is 116 g/mol. The van der Waals surface area contributed by atoms with E-state index in [-0.39, 0.29) is 0 Å². The zero-order valence-corrected chi connectivity index (χ0v) is 4.18. The number of hydrogen-bond donors (Lipinski definition) is 2. The highest BCUT2D eigenvalue weighted by molar-refractivity contribution is 5.97. The molecule has 0 aliphatic carbocycles. The topological polar surface area (TPSA) is 66.4 Å². The van der Waals surface area contributed by atoms with E-state index in [1.54, 1.807) is 5.32 Å². The van der Waals surface area contributed by atoms with Crippen molar-refractivity contribution in [2.75, 3.05) is 6.61 Å². The van der Waals surface area contributed by atoms with Gasteiger partial charge in [-0.1, -0.05) is 0 Å². The van der Waals surface area contributed by atoms with Crippen molar-refractivity contribution in [3.8, 4) is 0 Å². The quantitative estimate of drug-likeness (QED) is 0.436. The molecule has 45 valence electrons. The molecular weight excluding hydrogens is 110 g/mol. The smallest absolute Gasteiger partial charge is 0.252 e. The first-order chi connectivity index (χ1) is 3.66. The molecule has 2 amide bonds. The van der Waals surface area contributed by atoms with Crippen LogP contribution in [-0.2, 0) is 9.59 Å². The summed E-state index contributed by atoms with van der Waals surface area (Å²) in [5, 5.41) is 9.75. The van der Waals surface area contributed by atoms with Crippen molar-refractivity contribution >= 4 is 11.8 Å². The molecule has 2 N–H and O–H groups in total. The minimum atomic E-state index is -0.731. The standard InChI is InChI=1S/C4H6NO3/c1-3(7)5-4(8)2-6/h6H,1-2H2,(H,5,7,8). The molecule has 0 atom stereocenters. The van der Waals surface area contributed by atoms with Crippen molar-refractivity contribution in [3.63, 3.8) is 0 Å². The summed E-state index contributed by atoms with van der Waals surface area (Å²) >= 11 is 0. The van der Waals surface area contributed by atoms with Gasteiger partial charge in [-0.05, 0) is 0 Å². The Hall–Kier alpha value is -0.900. The second-order valence-electron chi connectivity index (χ2n) is 1.13. The normalized spacial score (nSPS) is 8.25. The summed E-state index contributed by atoms with van der Waals surface area (Å²) in [4.78, 5) is 19.9. The summed E-state index contributed by atoms with van der Waals surface area (Å²) in [5.41, 5.74) is 0. The number of amides is 2. The number of aliphatic hydroxyl groups is 1. The van der Waals surface area contributed by atoms with Gasteiger partial charge in [0.25, 0.3) is 5.91 Å². The van der Waals surface area contributed by atoms with Crippen LogP contribution in [0.4, 0.5) is 0 Å². The Balaban J connectivity index is 3.40. The van der Waals surface area contributed by atoms with E-state index in [1.165, 1.54) is 0 Å². The van der Waals surface area contributed by atoms with Crippen LogP contribution in [0.5, 0.6) is 0 Å². The first kappa shape index (κ1) is 7.10. The number of carbonyl (C=O) groups is 2. The Morgan fingerprint density at radius 3 is 2.25 bits per heavy atom. The molecule has 4 heteroatoms. The highest BCUT2D eigenvalue weighted by Crippen LogP contribution is 1.60. The van der Waals surface area contributed by atoms with Gasteiger partial charge in [-0.3, -0.25) is 14.9 Å². The molecule has 0 saturated heterocycles. The van der Waals surface area contributed by atoms with E-state index in [0.29, 0.717) is 0 Å². The lowest BCUT2D eigenvalue weighted by Crippen LogP contribution is -2.30. The Kier molecular flexibility index (Phi) is 2.79. The van der Waals surface area contributed by atoms with Crippen molar-refractivity contribution < 1.29 is 14.7 Å². The average Bonchev–Trinajstić information content (AvgIpc) is 1.65. The summed E-state index contributed by atoms with van der Waals surface area (Å²) in [5.74, 6) is -1.44. The lowest BCUT2D eigenvalue weighted by molar-refractivity contribution is -0.130. The van der Waals surface area contributed by atoms with Crippen LogP contribution in [0.15, 0.2) is 0 Å². The van der Waals surface area contributed by atoms with Crippen molar-refractivity contribution in [1.29, 1.82) is 0 Å². The number of imide groups is 1. The van der Waals surface area contributed by atoms with Gasteiger partial charge < -0.3 is 5.11 Å². The van der Waals surface area contributed by atoms with Gasteiger partial charge in [-0.15, -0.1) is 0 Å². The third-order valence-electron chi connectivity index (χ3n) is 0.422. The fourth-order valence-corrected chi connectivity index (χ4v) is 0.195. The molecule has 0 heterocycles. The first-order valence-electron chi connectivity index (χ1n) is 1.93. The van der Waals surface area contributed by atoms with E-state index < -0.39 is 18.4 Å². The van der Waals surface area contributed by atoms with Crippen LogP contribution in [0.3, 0.4) is 0 Å². The largest absolute Gasteiger partial charge is 0.387 e.